The lowest BCUT2D eigenvalue weighted by Gasteiger charge is -2.18. The molecular weight excluding hydrogens is 304 g/mol. The first kappa shape index (κ1) is 14.6. The second kappa shape index (κ2) is 5.31. The third-order valence-corrected chi connectivity index (χ3v) is 4.97. The van der Waals surface area contributed by atoms with Crippen LogP contribution in [-0.2, 0) is 13.8 Å². The molecule has 0 N–H and O–H groups in total. The highest BCUT2D eigenvalue weighted by Gasteiger charge is 2.38. The van der Waals surface area contributed by atoms with Crippen LogP contribution in [0.2, 0.25) is 0 Å². The van der Waals surface area contributed by atoms with Gasteiger partial charge in [0.1, 0.15) is 17.1 Å². The Morgan fingerprint density at radius 1 is 1.50 bits per heavy atom. The van der Waals surface area contributed by atoms with Crippen molar-refractivity contribution < 1.29 is 17.9 Å². The van der Waals surface area contributed by atoms with E-state index in [4.69, 9.17) is 20.7 Å². The zero-order valence-electron chi connectivity index (χ0n) is 10.5. The molecule has 0 bridgehead atoms. The Morgan fingerprint density at radius 2 is 2.20 bits per heavy atom. The summed E-state index contributed by atoms with van der Waals surface area (Å²) in [5.41, 5.74) is 0.603. The average molecular weight is 315 g/mol. The lowest BCUT2D eigenvalue weighted by Crippen LogP contribution is -2.27. The average Bonchev–Trinajstić information content (AvgIpc) is 2.80. The van der Waals surface area contributed by atoms with Crippen molar-refractivity contribution >= 4 is 31.3 Å². The molecule has 1 aromatic rings. The molecule has 1 fully saturated rings. The van der Waals surface area contributed by atoms with E-state index >= 15 is 0 Å². The van der Waals surface area contributed by atoms with Gasteiger partial charge in [-0.25, -0.2) is 8.42 Å². The summed E-state index contributed by atoms with van der Waals surface area (Å²) < 4.78 is 27.7. The van der Waals surface area contributed by atoms with Gasteiger partial charge in [0.25, 0.3) is 0 Å². The molecule has 2 rings (SSSR count). The summed E-state index contributed by atoms with van der Waals surface area (Å²) in [5, 5.41) is 8.12. The summed E-state index contributed by atoms with van der Waals surface area (Å²) in [4.78, 5) is 13.2. The van der Waals surface area contributed by atoms with Crippen LogP contribution in [0.4, 0.5) is 5.69 Å². The molecule has 0 aliphatic carbocycles. The number of nitriles is 1. The monoisotopic (exact) mass is 314 g/mol. The van der Waals surface area contributed by atoms with Crippen LogP contribution >= 0.6 is 10.7 Å². The molecule has 6 nitrogen and oxygen atoms in total. The molecule has 1 amide bonds. The SMILES string of the molecule is COc1ccc(C#N)c(N2CC(S(=O)(=O)Cl)CC2=O)c1. The van der Waals surface area contributed by atoms with Crippen molar-refractivity contribution in [3.05, 3.63) is 23.8 Å². The van der Waals surface area contributed by atoms with Crippen molar-refractivity contribution in [3.63, 3.8) is 0 Å². The standard InChI is InChI=1S/C12H11ClN2O4S/c1-19-9-3-2-8(6-14)11(4-9)15-7-10(5-12(15)16)20(13,17)18/h2-4,10H,5,7H2,1H3. The van der Waals surface area contributed by atoms with Gasteiger partial charge in [-0.3, -0.25) is 4.79 Å². The number of methoxy groups -OCH3 is 1. The minimum absolute atomic E-state index is 0.0630. The Labute approximate surface area is 120 Å². The molecule has 0 aromatic heterocycles. The third-order valence-electron chi connectivity index (χ3n) is 3.10. The third kappa shape index (κ3) is 2.71. The van der Waals surface area contributed by atoms with Gasteiger partial charge in [0.2, 0.25) is 15.0 Å². The number of amides is 1. The van der Waals surface area contributed by atoms with Crippen LogP contribution in [0.25, 0.3) is 0 Å². The number of rotatable bonds is 3. The second-order valence-corrected chi connectivity index (χ2v) is 7.21. The van der Waals surface area contributed by atoms with Crippen molar-refractivity contribution in [1.29, 1.82) is 5.26 Å². The van der Waals surface area contributed by atoms with E-state index < -0.39 is 14.3 Å². The molecule has 8 heteroatoms. The zero-order valence-corrected chi connectivity index (χ0v) is 12.1. The summed E-state index contributed by atoms with van der Waals surface area (Å²) >= 11 is 0. The quantitative estimate of drug-likeness (QED) is 0.783. The van der Waals surface area contributed by atoms with Gasteiger partial charge in [-0.15, -0.1) is 0 Å². The first-order chi connectivity index (χ1) is 9.36. The van der Waals surface area contributed by atoms with Crippen molar-refractivity contribution in [1.82, 2.24) is 0 Å². The van der Waals surface area contributed by atoms with E-state index in [9.17, 15) is 13.2 Å². The van der Waals surface area contributed by atoms with Gasteiger partial charge < -0.3 is 9.64 Å². The minimum Gasteiger partial charge on any atom is -0.497 e. The van der Waals surface area contributed by atoms with Gasteiger partial charge in [-0.05, 0) is 12.1 Å². The number of nitrogens with zero attached hydrogens (tertiary/aromatic N) is 2. The van der Waals surface area contributed by atoms with Gasteiger partial charge in [0.05, 0.1) is 18.4 Å². The Hall–Kier alpha value is -1.78. The first-order valence-corrected chi connectivity index (χ1v) is 8.06. The highest BCUT2D eigenvalue weighted by atomic mass is 35.7. The Morgan fingerprint density at radius 3 is 2.70 bits per heavy atom. The van der Waals surface area contributed by atoms with Crippen LogP contribution in [0.1, 0.15) is 12.0 Å². The van der Waals surface area contributed by atoms with E-state index in [0.717, 1.165) is 0 Å². The highest BCUT2D eigenvalue weighted by Crippen LogP contribution is 2.31. The molecule has 1 aliphatic rings. The number of halogens is 1. The Balaban J connectivity index is 2.42. The molecular formula is C12H11ClN2O4S. The van der Waals surface area contributed by atoms with E-state index in [1.54, 1.807) is 6.07 Å². The zero-order chi connectivity index (χ0) is 14.9. The summed E-state index contributed by atoms with van der Waals surface area (Å²) in [6, 6.07) is 6.61. The van der Waals surface area contributed by atoms with Gasteiger partial charge in [-0.1, -0.05) is 0 Å². The Bertz CT molecular complexity index is 696. The molecule has 1 unspecified atom stereocenters. The summed E-state index contributed by atoms with van der Waals surface area (Å²) in [6.07, 6.45) is -0.187. The van der Waals surface area contributed by atoms with Crippen LogP contribution in [-0.4, -0.2) is 33.2 Å². The maximum absolute atomic E-state index is 12.0. The number of ether oxygens (including phenoxy) is 1. The van der Waals surface area contributed by atoms with Crippen LogP contribution < -0.4 is 9.64 Å². The smallest absolute Gasteiger partial charge is 0.237 e. The molecule has 1 aliphatic heterocycles. The first-order valence-electron chi connectivity index (χ1n) is 5.68. The predicted molar refractivity (Wildman–Crippen MR) is 73.2 cm³/mol. The highest BCUT2D eigenvalue weighted by molar-refractivity contribution is 8.14. The van der Waals surface area contributed by atoms with Crippen LogP contribution in [0.15, 0.2) is 18.2 Å². The maximum Gasteiger partial charge on any atom is 0.237 e. The number of benzene rings is 1. The van der Waals surface area contributed by atoms with Crippen molar-refractivity contribution in [2.45, 2.75) is 11.7 Å². The van der Waals surface area contributed by atoms with Gasteiger partial charge in [0.15, 0.2) is 0 Å². The number of anilines is 1. The molecule has 1 heterocycles. The van der Waals surface area contributed by atoms with Gasteiger partial charge >= 0.3 is 0 Å². The van der Waals surface area contributed by atoms with Gasteiger partial charge in [0, 0.05) is 29.7 Å². The number of carbonyl (C=O) groups excluding carboxylic acids is 1. The van der Waals surface area contributed by atoms with Crippen molar-refractivity contribution in [2.24, 2.45) is 0 Å². The van der Waals surface area contributed by atoms with E-state index in [2.05, 4.69) is 0 Å². The van der Waals surface area contributed by atoms with E-state index in [1.807, 2.05) is 6.07 Å². The number of hydrogen-bond donors (Lipinski definition) is 0. The van der Waals surface area contributed by atoms with Gasteiger partial charge in [-0.2, -0.15) is 5.26 Å². The van der Waals surface area contributed by atoms with E-state index in [-0.39, 0.29) is 24.4 Å². The summed E-state index contributed by atoms with van der Waals surface area (Å²) in [6.45, 7) is -0.0630. The molecule has 106 valence electrons. The fourth-order valence-corrected chi connectivity index (χ4v) is 3.08. The van der Waals surface area contributed by atoms with E-state index in [0.29, 0.717) is 11.4 Å². The lowest BCUT2D eigenvalue weighted by atomic mass is 10.1. The topological polar surface area (TPSA) is 87.5 Å². The van der Waals surface area contributed by atoms with Crippen LogP contribution in [0, 0.1) is 11.3 Å². The maximum atomic E-state index is 12.0. The molecule has 1 atom stereocenters. The van der Waals surface area contributed by atoms with Crippen LogP contribution in [0.5, 0.6) is 5.75 Å². The molecule has 0 spiro atoms. The van der Waals surface area contributed by atoms with Crippen molar-refractivity contribution in [2.75, 3.05) is 18.6 Å². The summed E-state index contributed by atoms with van der Waals surface area (Å²) in [7, 11) is 2.94. The number of carbonyl (C=O) groups is 1. The fraction of sp³-hybridized carbons (Fsp3) is 0.333. The van der Waals surface area contributed by atoms with Crippen molar-refractivity contribution in [3.8, 4) is 11.8 Å². The lowest BCUT2D eigenvalue weighted by molar-refractivity contribution is -0.117. The number of hydrogen-bond acceptors (Lipinski definition) is 5. The Kier molecular flexibility index (Phi) is 3.88. The van der Waals surface area contributed by atoms with E-state index in [1.165, 1.54) is 24.1 Å². The fourth-order valence-electron chi connectivity index (χ4n) is 2.05. The van der Waals surface area contributed by atoms with Crippen LogP contribution in [0.3, 0.4) is 0 Å². The second-order valence-electron chi connectivity index (χ2n) is 4.30. The molecule has 1 aromatic carbocycles. The molecule has 0 saturated carbocycles. The predicted octanol–water partition coefficient (Wildman–Crippen LogP) is 1.24. The molecule has 1 saturated heterocycles. The molecule has 0 radical (unpaired) electrons. The normalized spacial score (nSPS) is 18.9. The minimum atomic E-state index is -3.82. The molecule has 20 heavy (non-hydrogen) atoms. The largest absolute Gasteiger partial charge is 0.497 e. The summed E-state index contributed by atoms with van der Waals surface area (Å²) in [5.74, 6) is 0.0907.